The molecular formula is C16H23NO2. The molecule has 0 aliphatic carbocycles. The highest BCUT2D eigenvalue weighted by molar-refractivity contribution is 5.21. The largest absolute Gasteiger partial charge is 0.379 e. The van der Waals surface area contributed by atoms with Gasteiger partial charge < -0.3 is 9.47 Å². The van der Waals surface area contributed by atoms with Crippen LogP contribution in [-0.2, 0) is 9.47 Å². The Kier molecular flexibility index (Phi) is 4.16. The number of morpholine rings is 1. The Morgan fingerprint density at radius 2 is 1.84 bits per heavy atom. The van der Waals surface area contributed by atoms with Crippen molar-refractivity contribution in [3.63, 3.8) is 0 Å². The van der Waals surface area contributed by atoms with Crippen LogP contribution in [0.15, 0.2) is 30.3 Å². The van der Waals surface area contributed by atoms with E-state index in [1.165, 1.54) is 5.56 Å². The van der Waals surface area contributed by atoms with Gasteiger partial charge in [-0.1, -0.05) is 30.3 Å². The first-order valence-corrected chi connectivity index (χ1v) is 7.34. The summed E-state index contributed by atoms with van der Waals surface area (Å²) in [4.78, 5) is 2.58. The predicted molar refractivity (Wildman–Crippen MR) is 75.1 cm³/mol. The maximum atomic E-state index is 5.80. The number of ether oxygens (including phenoxy) is 2. The number of rotatable bonds is 3. The maximum Gasteiger partial charge on any atom is 0.0594 e. The van der Waals surface area contributed by atoms with Gasteiger partial charge in [-0.15, -0.1) is 0 Å². The lowest BCUT2D eigenvalue weighted by atomic mass is 9.87. The van der Waals surface area contributed by atoms with E-state index in [-0.39, 0.29) is 0 Å². The lowest BCUT2D eigenvalue weighted by Gasteiger charge is -2.39. The molecule has 0 aromatic heterocycles. The van der Waals surface area contributed by atoms with E-state index >= 15 is 0 Å². The van der Waals surface area contributed by atoms with Crippen molar-refractivity contribution in [2.24, 2.45) is 5.92 Å². The summed E-state index contributed by atoms with van der Waals surface area (Å²) in [6, 6.07) is 11.4. The minimum absolute atomic E-state index is 0.355. The van der Waals surface area contributed by atoms with Crippen molar-refractivity contribution in [2.45, 2.75) is 25.5 Å². The molecule has 2 heterocycles. The fourth-order valence-corrected chi connectivity index (χ4v) is 3.40. The summed E-state index contributed by atoms with van der Waals surface area (Å²) in [6.07, 6.45) is 1.52. The average molecular weight is 261 g/mol. The normalized spacial score (nSPS) is 30.4. The Bertz CT molecular complexity index is 389. The van der Waals surface area contributed by atoms with Crippen molar-refractivity contribution in [3.05, 3.63) is 35.9 Å². The lowest BCUT2D eigenvalue weighted by Crippen LogP contribution is -2.43. The van der Waals surface area contributed by atoms with E-state index in [4.69, 9.17) is 9.47 Å². The molecule has 3 heteroatoms. The van der Waals surface area contributed by atoms with Crippen LogP contribution in [0.4, 0.5) is 0 Å². The first-order chi connectivity index (χ1) is 9.36. The van der Waals surface area contributed by atoms with Crippen molar-refractivity contribution in [1.29, 1.82) is 0 Å². The summed E-state index contributed by atoms with van der Waals surface area (Å²) in [5.41, 5.74) is 1.42. The quantitative estimate of drug-likeness (QED) is 0.834. The summed E-state index contributed by atoms with van der Waals surface area (Å²) in [7, 11) is 0. The van der Waals surface area contributed by atoms with Crippen LogP contribution in [0.25, 0.3) is 0 Å². The third kappa shape index (κ3) is 2.83. The molecule has 1 aromatic rings. The molecule has 19 heavy (non-hydrogen) atoms. The van der Waals surface area contributed by atoms with Crippen molar-refractivity contribution < 1.29 is 9.47 Å². The van der Waals surface area contributed by atoms with Gasteiger partial charge in [0.25, 0.3) is 0 Å². The first kappa shape index (κ1) is 13.1. The van der Waals surface area contributed by atoms with Crippen molar-refractivity contribution >= 4 is 0 Å². The van der Waals surface area contributed by atoms with Crippen LogP contribution in [0.1, 0.15) is 24.9 Å². The van der Waals surface area contributed by atoms with Gasteiger partial charge in [-0.05, 0) is 18.9 Å². The van der Waals surface area contributed by atoms with Crippen LogP contribution in [0.5, 0.6) is 0 Å². The standard InChI is InChI=1S/C16H23NO2/c1-13-15(7-10-19-13)16(14-5-3-2-4-6-14)17-8-11-18-12-9-17/h2-6,13,15-16H,7-12H2,1H3/t13-,15-,16-/m1/s1. The molecule has 2 fully saturated rings. The zero-order chi connectivity index (χ0) is 13.1. The van der Waals surface area contributed by atoms with Gasteiger partial charge in [0.2, 0.25) is 0 Å². The first-order valence-electron chi connectivity index (χ1n) is 7.34. The fourth-order valence-electron chi connectivity index (χ4n) is 3.40. The van der Waals surface area contributed by atoms with E-state index in [1.807, 2.05) is 0 Å². The van der Waals surface area contributed by atoms with Gasteiger partial charge in [0.15, 0.2) is 0 Å². The minimum Gasteiger partial charge on any atom is -0.379 e. The summed E-state index contributed by atoms with van der Waals surface area (Å²) in [5, 5.41) is 0. The van der Waals surface area contributed by atoms with Gasteiger partial charge in [-0.3, -0.25) is 4.90 Å². The molecule has 2 aliphatic rings. The van der Waals surface area contributed by atoms with Crippen molar-refractivity contribution in [1.82, 2.24) is 4.90 Å². The van der Waals surface area contributed by atoms with E-state index in [2.05, 4.69) is 42.2 Å². The summed E-state index contributed by atoms with van der Waals surface area (Å²) in [6.45, 7) is 6.88. The molecular weight excluding hydrogens is 238 g/mol. The van der Waals surface area contributed by atoms with Crippen molar-refractivity contribution in [3.8, 4) is 0 Å². The van der Waals surface area contributed by atoms with E-state index in [0.717, 1.165) is 39.3 Å². The third-order valence-electron chi connectivity index (χ3n) is 4.42. The van der Waals surface area contributed by atoms with Crippen LogP contribution < -0.4 is 0 Å². The van der Waals surface area contributed by atoms with Gasteiger partial charge in [-0.25, -0.2) is 0 Å². The molecule has 3 nitrogen and oxygen atoms in total. The molecule has 0 bridgehead atoms. The average Bonchev–Trinajstić information content (AvgIpc) is 2.88. The summed E-state index contributed by atoms with van der Waals surface area (Å²) in [5.74, 6) is 0.598. The van der Waals surface area contributed by atoms with Gasteiger partial charge in [0, 0.05) is 31.7 Å². The van der Waals surface area contributed by atoms with E-state index in [1.54, 1.807) is 0 Å². The minimum atomic E-state index is 0.355. The zero-order valence-corrected chi connectivity index (χ0v) is 11.6. The summed E-state index contributed by atoms with van der Waals surface area (Å²) < 4.78 is 11.3. The molecule has 3 atom stereocenters. The molecule has 0 unspecified atom stereocenters. The van der Waals surface area contributed by atoms with Gasteiger partial charge in [-0.2, -0.15) is 0 Å². The van der Waals surface area contributed by atoms with E-state index < -0.39 is 0 Å². The molecule has 104 valence electrons. The van der Waals surface area contributed by atoms with Gasteiger partial charge >= 0.3 is 0 Å². The smallest absolute Gasteiger partial charge is 0.0594 e. The van der Waals surface area contributed by atoms with Crippen LogP contribution in [0.2, 0.25) is 0 Å². The highest BCUT2D eigenvalue weighted by atomic mass is 16.5. The third-order valence-corrected chi connectivity index (χ3v) is 4.42. The van der Waals surface area contributed by atoms with Crippen LogP contribution in [0, 0.1) is 5.92 Å². The molecule has 0 radical (unpaired) electrons. The molecule has 0 saturated carbocycles. The molecule has 2 saturated heterocycles. The second-order valence-corrected chi connectivity index (χ2v) is 5.53. The Hall–Kier alpha value is -0.900. The van der Waals surface area contributed by atoms with E-state index in [9.17, 15) is 0 Å². The van der Waals surface area contributed by atoms with Crippen LogP contribution in [-0.4, -0.2) is 43.9 Å². The second-order valence-electron chi connectivity index (χ2n) is 5.53. The lowest BCUT2D eigenvalue weighted by molar-refractivity contribution is -0.00961. The Balaban J connectivity index is 1.86. The van der Waals surface area contributed by atoms with Crippen LogP contribution >= 0.6 is 0 Å². The SMILES string of the molecule is C[C@H]1OCC[C@H]1[C@@H](c1ccccc1)N1CCOCC1. The molecule has 1 aromatic carbocycles. The maximum absolute atomic E-state index is 5.80. The fraction of sp³-hybridized carbons (Fsp3) is 0.625. The predicted octanol–water partition coefficient (Wildman–Crippen LogP) is 2.48. The highest BCUT2D eigenvalue weighted by Crippen LogP contribution is 2.37. The number of benzene rings is 1. The molecule has 0 N–H and O–H groups in total. The Morgan fingerprint density at radius 3 is 2.47 bits per heavy atom. The molecule has 0 amide bonds. The van der Waals surface area contributed by atoms with Gasteiger partial charge in [0.1, 0.15) is 0 Å². The monoisotopic (exact) mass is 261 g/mol. The molecule has 2 aliphatic heterocycles. The molecule has 0 spiro atoms. The van der Waals surface area contributed by atoms with Crippen LogP contribution in [0.3, 0.4) is 0 Å². The number of nitrogens with zero attached hydrogens (tertiary/aromatic N) is 1. The Labute approximate surface area is 115 Å². The highest BCUT2D eigenvalue weighted by Gasteiger charge is 2.36. The topological polar surface area (TPSA) is 21.7 Å². The number of hydrogen-bond acceptors (Lipinski definition) is 3. The Morgan fingerprint density at radius 1 is 1.11 bits per heavy atom. The van der Waals surface area contributed by atoms with Gasteiger partial charge in [0.05, 0.1) is 19.3 Å². The zero-order valence-electron chi connectivity index (χ0n) is 11.6. The van der Waals surface area contributed by atoms with Crippen molar-refractivity contribution in [2.75, 3.05) is 32.9 Å². The van der Waals surface area contributed by atoms with E-state index in [0.29, 0.717) is 18.1 Å². The second kappa shape index (κ2) is 6.04. The summed E-state index contributed by atoms with van der Waals surface area (Å²) >= 11 is 0. The molecule has 3 rings (SSSR count). The number of hydrogen-bond donors (Lipinski definition) is 0.